The van der Waals surface area contributed by atoms with E-state index in [4.69, 9.17) is 0 Å². The van der Waals surface area contributed by atoms with Gasteiger partial charge in [-0.3, -0.25) is 0 Å². The third-order valence-electron chi connectivity index (χ3n) is 2.70. The summed E-state index contributed by atoms with van der Waals surface area (Å²) >= 11 is 1.76. The maximum Gasteiger partial charge on any atom is 0.122 e. The molecule has 0 bridgehead atoms. The lowest BCUT2D eigenvalue weighted by Crippen LogP contribution is -2.16. The van der Waals surface area contributed by atoms with Crippen LogP contribution >= 0.6 is 11.3 Å². The van der Waals surface area contributed by atoms with Crippen LogP contribution in [0.25, 0.3) is 0 Å². The third kappa shape index (κ3) is 2.51. The van der Waals surface area contributed by atoms with Gasteiger partial charge in [-0.15, -0.1) is 0 Å². The van der Waals surface area contributed by atoms with Gasteiger partial charge in [0, 0.05) is 25.5 Å². The van der Waals surface area contributed by atoms with Gasteiger partial charge in [0.25, 0.3) is 0 Å². The lowest BCUT2D eigenvalue weighted by Gasteiger charge is -2.06. The Morgan fingerprint density at radius 1 is 1.38 bits per heavy atom. The fourth-order valence-electron chi connectivity index (χ4n) is 1.67. The van der Waals surface area contributed by atoms with Crippen LogP contribution in [-0.4, -0.2) is 9.55 Å². The smallest absolute Gasteiger partial charge is 0.122 e. The van der Waals surface area contributed by atoms with Gasteiger partial charge in [0.05, 0.1) is 6.54 Å². The number of imidazole rings is 1. The summed E-state index contributed by atoms with van der Waals surface area (Å²) in [7, 11) is 0. The van der Waals surface area contributed by atoms with Crippen LogP contribution in [-0.2, 0) is 19.6 Å². The number of nitrogens with zero attached hydrogens (tertiary/aromatic N) is 2. The van der Waals surface area contributed by atoms with Gasteiger partial charge in [-0.2, -0.15) is 11.3 Å². The van der Waals surface area contributed by atoms with Crippen LogP contribution < -0.4 is 5.32 Å². The Balaban J connectivity index is 1.87. The molecular weight excluding hydrogens is 218 g/mol. The summed E-state index contributed by atoms with van der Waals surface area (Å²) in [5.41, 5.74) is 2.76. The van der Waals surface area contributed by atoms with Crippen molar-refractivity contribution < 1.29 is 0 Å². The lowest BCUT2D eigenvalue weighted by molar-refractivity contribution is 0.612. The summed E-state index contributed by atoms with van der Waals surface area (Å²) in [6.07, 6.45) is 3.88. The molecule has 16 heavy (non-hydrogen) atoms. The predicted octanol–water partition coefficient (Wildman–Crippen LogP) is 2.56. The van der Waals surface area contributed by atoms with Gasteiger partial charge in [-0.25, -0.2) is 4.98 Å². The number of hydrogen-bond donors (Lipinski definition) is 1. The molecule has 2 aromatic rings. The van der Waals surface area contributed by atoms with Crippen LogP contribution in [0, 0.1) is 6.92 Å². The van der Waals surface area contributed by atoms with Crippen molar-refractivity contribution in [1.82, 2.24) is 14.9 Å². The minimum Gasteiger partial charge on any atom is -0.334 e. The second kappa shape index (κ2) is 5.27. The Labute approximate surface area is 100 Å². The number of rotatable bonds is 5. The van der Waals surface area contributed by atoms with E-state index in [2.05, 4.69) is 39.5 Å². The first kappa shape index (κ1) is 11.4. The maximum absolute atomic E-state index is 4.33. The quantitative estimate of drug-likeness (QED) is 0.863. The molecular formula is C12H17N3S. The van der Waals surface area contributed by atoms with Crippen molar-refractivity contribution in [2.75, 3.05) is 0 Å². The highest BCUT2D eigenvalue weighted by Crippen LogP contribution is 2.13. The molecule has 2 heterocycles. The van der Waals surface area contributed by atoms with Gasteiger partial charge >= 0.3 is 0 Å². The Bertz CT molecular complexity index is 445. The highest BCUT2D eigenvalue weighted by molar-refractivity contribution is 7.08. The average molecular weight is 235 g/mol. The molecule has 0 spiro atoms. The largest absolute Gasteiger partial charge is 0.334 e. The minimum atomic E-state index is 0.829. The molecule has 0 radical (unpaired) electrons. The van der Waals surface area contributed by atoms with Crippen molar-refractivity contribution in [3.63, 3.8) is 0 Å². The van der Waals surface area contributed by atoms with Gasteiger partial charge in [0.15, 0.2) is 0 Å². The van der Waals surface area contributed by atoms with Crippen molar-refractivity contribution in [2.45, 2.75) is 33.5 Å². The van der Waals surface area contributed by atoms with Crippen LogP contribution in [0.15, 0.2) is 23.2 Å². The zero-order valence-corrected chi connectivity index (χ0v) is 10.5. The zero-order chi connectivity index (χ0) is 11.4. The fourth-order valence-corrected chi connectivity index (χ4v) is 2.53. The van der Waals surface area contributed by atoms with Crippen LogP contribution in [0.4, 0.5) is 0 Å². The fraction of sp³-hybridized carbons (Fsp3) is 0.417. The standard InChI is InChI=1S/C12H17N3S/c1-3-15-5-4-14-12(15)7-13-6-11-9-16-8-10(11)2/h4-5,8-9,13H,3,6-7H2,1-2H3. The van der Waals surface area contributed by atoms with Crippen LogP contribution in [0.2, 0.25) is 0 Å². The van der Waals surface area contributed by atoms with Crippen molar-refractivity contribution >= 4 is 11.3 Å². The van der Waals surface area contributed by atoms with Gasteiger partial charge in [-0.05, 0) is 35.7 Å². The Morgan fingerprint density at radius 3 is 2.94 bits per heavy atom. The molecule has 0 amide bonds. The maximum atomic E-state index is 4.33. The predicted molar refractivity (Wildman–Crippen MR) is 67.5 cm³/mol. The van der Waals surface area contributed by atoms with E-state index >= 15 is 0 Å². The molecule has 0 aliphatic heterocycles. The second-order valence-corrected chi connectivity index (χ2v) is 4.56. The molecule has 0 aliphatic carbocycles. The van der Waals surface area contributed by atoms with E-state index in [0.717, 1.165) is 25.5 Å². The SMILES string of the molecule is CCn1ccnc1CNCc1cscc1C. The van der Waals surface area contributed by atoms with Crippen molar-refractivity contribution in [2.24, 2.45) is 0 Å². The van der Waals surface area contributed by atoms with Gasteiger partial charge in [0.2, 0.25) is 0 Å². The van der Waals surface area contributed by atoms with E-state index in [1.165, 1.54) is 11.1 Å². The van der Waals surface area contributed by atoms with Crippen LogP contribution in [0.5, 0.6) is 0 Å². The van der Waals surface area contributed by atoms with Gasteiger partial charge < -0.3 is 9.88 Å². The summed E-state index contributed by atoms with van der Waals surface area (Å²) < 4.78 is 2.16. The van der Waals surface area contributed by atoms with E-state index in [1.807, 2.05) is 12.4 Å². The van der Waals surface area contributed by atoms with Crippen molar-refractivity contribution in [1.29, 1.82) is 0 Å². The summed E-state index contributed by atoms with van der Waals surface area (Å²) in [6.45, 7) is 7.02. The molecule has 2 aromatic heterocycles. The molecule has 0 atom stereocenters. The van der Waals surface area contributed by atoms with Crippen LogP contribution in [0.1, 0.15) is 23.9 Å². The molecule has 0 saturated heterocycles. The highest BCUT2D eigenvalue weighted by Gasteiger charge is 2.02. The summed E-state index contributed by atoms with van der Waals surface area (Å²) in [6, 6.07) is 0. The summed E-state index contributed by atoms with van der Waals surface area (Å²) in [5, 5.41) is 7.82. The molecule has 0 unspecified atom stereocenters. The van der Waals surface area contributed by atoms with Crippen LogP contribution in [0.3, 0.4) is 0 Å². The Morgan fingerprint density at radius 2 is 2.25 bits per heavy atom. The third-order valence-corrected chi connectivity index (χ3v) is 3.61. The van der Waals surface area contributed by atoms with E-state index in [-0.39, 0.29) is 0 Å². The summed E-state index contributed by atoms with van der Waals surface area (Å²) in [4.78, 5) is 4.33. The molecule has 4 heteroatoms. The Kier molecular flexibility index (Phi) is 3.74. The molecule has 1 N–H and O–H groups in total. The number of nitrogens with one attached hydrogen (secondary N) is 1. The number of aryl methyl sites for hydroxylation is 2. The number of aromatic nitrogens is 2. The first-order chi connectivity index (χ1) is 7.81. The number of thiophene rings is 1. The minimum absolute atomic E-state index is 0.829. The normalized spacial score (nSPS) is 10.9. The van der Waals surface area contributed by atoms with Gasteiger partial charge in [-0.1, -0.05) is 0 Å². The van der Waals surface area contributed by atoms with E-state index in [1.54, 1.807) is 11.3 Å². The lowest BCUT2D eigenvalue weighted by atomic mass is 10.2. The number of hydrogen-bond acceptors (Lipinski definition) is 3. The molecule has 2 rings (SSSR count). The zero-order valence-electron chi connectivity index (χ0n) is 9.73. The molecule has 0 fully saturated rings. The average Bonchev–Trinajstić information content (AvgIpc) is 2.88. The van der Waals surface area contributed by atoms with Gasteiger partial charge in [0.1, 0.15) is 5.82 Å². The summed E-state index contributed by atoms with van der Waals surface area (Å²) in [5.74, 6) is 1.11. The monoisotopic (exact) mass is 235 g/mol. The Hall–Kier alpha value is -1.13. The van der Waals surface area contributed by atoms with E-state index < -0.39 is 0 Å². The molecule has 3 nitrogen and oxygen atoms in total. The first-order valence-corrected chi connectivity index (χ1v) is 6.48. The second-order valence-electron chi connectivity index (χ2n) is 3.81. The molecule has 0 aromatic carbocycles. The highest BCUT2D eigenvalue weighted by atomic mass is 32.1. The van der Waals surface area contributed by atoms with E-state index in [9.17, 15) is 0 Å². The first-order valence-electron chi connectivity index (χ1n) is 5.53. The topological polar surface area (TPSA) is 29.9 Å². The molecule has 0 aliphatic rings. The van der Waals surface area contributed by atoms with Crippen molar-refractivity contribution in [3.05, 3.63) is 40.1 Å². The van der Waals surface area contributed by atoms with E-state index in [0.29, 0.717) is 0 Å². The molecule has 86 valence electrons. The molecule has 0 saturated carbocycles. The van der Waals surface area contributed by atoms with Crippen molar-refractivity contribution in [3.8, 4) is 0 Å².